The van der Waals surface area contributed by atoms with Crippen molar-refractivity contribution in [2.75, 3.05) is 0 Å². The van der Waals surface area contributed by atoms with E-state index in [0.717, 1.165) is 0 Å². The van der Waals surface area contributed by atoms with Crippen LogP contribution >= 0.6 is 0 Å². The van der Waals surface area contributed by atoms with Crippen molar-refractivity contribution in [2.24, 2.45) is 0 Å². The van der Waals surface area contributed by atoms with E-state index in [1.165, 1.54) is 44.5 Å². The molecule has 0 heteroatoms. The van der Waals surface area contributed by atoms with E-state index in [0.29, 0.717) is 0 Å². The van der Waals surface area contributed by atoms with Crippen LogP contribution in [-0.2, 0) is 16.2 Å². The number of hydrogen-bond donors (Lipinski definition) is 0. The predicted octanol–water partition coefficient (Wildman–Crippen LogP) is 7.62. The van der Waals surface area contributed by atoms with Crippen LogP contribution in [0, 0.1) is 0 Å². The van der Waals surface area contributed by atoms with E-state index in [2.05, 4.69) is 125 Å². The van der Waals surface area contributed by atoms with Crippen LogP contribution in [0.4, 0.5) is 0 Å². The standard InChI is InChI=1S/C31H28/c1-29(2)25-17-9-11-19-27(25)31(28-20-12-10-18-26(28)30(29,3)4)23-15-7-5-13-21(23)22-14-6-8-16-24(22)31/h5-20H,1-4H3. The molecule has 0 unspecified atom stereocenters. The van der Waals surface area contributed by atoms with Gasteiger partial charge in [-0.1, -0.05) is 125 Å². The molecule has 0 saturated heterocycles. The average molecular weight is 401 g/mol. The van der Waals surface area contributed by atoms with Gasteiger partial charge in [0.1, 0.15) is 0 Å². The molecule has 0 fully saturated rings. The van der Waals surface area contributed by atoms with Crippen LogP contribution in [0.25, 0.3) is 11.1 Å². The van der Waals surface area contributed by atoms with Gasteiger partial charge in [-0.25, -0.2) is 0 Å². The van der Waals surface area contributed by atoms with Gasteiger partial charge in [-0.15, -0.1) is 0 Å². The molecule has 0 aliphatic heterocycles. The lowest BCUT2D eigenvalue weighted by molar-refractivity contribution is 0.304. The lowest BCUT2D eigenvalue weighted by atomic mass is 9.61. The summed E-state index contributed by atoms with van der Waals surface area (Å²) in [5.74, 6) is 0. The van der Waals surface area contributed by atoms with Gasteiger partial charge in [0.25, 0.3) is 0 Å². The fraction of sp³-hybridized carbons (Fsp3) is 0.226. The highest BCUT2D eigenvalue weighted by atomic mass is 14.6. The monoisotopic (exact) mass is 400 g/mol. The first-order valence-corrected chi connectivity index (χ1v) is 11.3. The molecule has 0 amide bonds. The Kier molecular flexibility index (Phi) is 3.59. The summed E-state index contributed by atoms with van der Waals surface area (Å²) in [6.45, 7) is 9.70. The minimum Gasteiger partial charge on any atom is -0.0620 e. The van der Waals surface area contributed by atoms with Crippen molar-refractivity contribution in [3.05, 3.63) is 130 Å². The molecule has 2 aliphatic carbocycles. The van der Waals surface area contributed by atoms with Crippen LogP contribution in [0.3, 0.4) is 0 Å². The molecule has 6 rings (SSSR count). The van der Waals surface area contributed by atoms with Crippen molar-refractivity contribution in [3.8, 4) is 11.1 Å². The summed E-state index contributed by atoms with van der Waals surface area (Å²) < 4.78 is 0. The molecule has 4 aromatic rings. The normalized spacial score (nSPS) is 18.5. The van der Waals surface area contributed by atoms with Gasteiger partial charge in [0.2, 0.25) is 0 Å². The van der Waals surface area contributed by atoms with Crippen LogP contribution in [0.1, 0.15) is 61.1 Å². The molecule has 1 spiro atoms. The lowest BCUT2D eigenvalue weighted by Gasteiger charge is -2.42. The van der Waals surface area contributed by atoms with E-state index < -0.39 is 0 Å². The Balaban J connectivity index is 1.92. The van der Waals surface area contributed by atoms with Gasteiger partial charge in [-0.2, -0.15) is 0 Å². The SMILES string of the molecule is CC1(C)c2ccccc2C2(c3ccccc3-c3ccccc32)c2ccccc2C1(C)C. The van der Waals surface area contributed by atoms with Crippen LogP contribution in [0.15, 0.2) is 97.1 Å². The quantitative estimate of drug-likeness (QED) is 0.251. The van der Waals surface area contributed by atoms with Gasteiger partial charge in [0.05, 0.1) is 5.41 Å². The summed E-state index contributed by atoms with van der Waals surface area (Å²) in [5, 5.41) is 0. The summed E-state index contributed by atoms with van der Waals surface area (Å²) >= 11 is 0. The van der Waals surface area contributed by atoms with Crippen LogP contribution < -0.4 is 0 Å². The molecular weight excluding hydrogens is 372 g/mol. The second-order valence-electron chi connectivity index (χ2n) is 10.2. The Morgan fingerprint density at radius 3 is 1.03 bits per heavy atom. The zero-order valence-electron chi connectivity index (χ0n) is 18.7. The van der Waals surface area contributed by atoms with E-state index >= 15 is 0 Å². The van der Waals surface area contributed by atoms with Gasteiger partial charge < -0.3 is 0 Å². The first-order chi connectivity index (χ1) is 14.9. The third-order valence-corrected chi connectivity index (χ3v) is 8.52. The van der Waals surface area contributed by atoms with Crippen molar-refractivity contribution in [1.82, 2.24) is 0 Å². The molecule has 0 N–H and O–H groups in total. The molecule has 152 valence electrons. The molecule has 0 saturated carbocycles. The molecule has 2 aliphatic rings. The first kappa shape index (κ1) is 18.6. The summed E-state index contributed by atoms with van der Waals surface area (Å²) in [6.07, 6.45) is 0. The third-order valence-electron chi connectivity index (χ3n) is 8.52. The van der Waals surface area contributed by atoms with Gasteiger partial charge in [0.15, 0.2) is 0 Å². The van der Waals surface area contributed by atoms with Gasteiger partial charge in [-0.3, -0.25) is 0 Å². The minimum atomic E-state index is -0.300. The van der Waals surface area contributed by atoms with E-state index in [9.17, 15) is 0 Å². The molecule has 0 atom stereocenters. The Morgan fingerprint density at radius 1 is 0.355 bits per heavy atom. The maximum absolute atomic E-state index is 2.42. The Bertz CT molecular complexity index is 1230. The van der Waals surface area contributed by atoms with Crippen molar-refractivity contribution < 1.29 is 0 Å². The second-order valence-corrected chi connectivity index (χ2v) is 10.2. The number of benzene rings is 4. The Morgan fingerprint density at radius 2 is 0.645 bits per heavy atom. The van der Waals surface area contributed by atoms with Crippen molar-refractivity contribution >= 4 is 0 Å². The highest BCUT2D eigenvalue weighted by Crippen LogP contribution is 2.62. The smallest absolute Gasteiger partial charge is 0.0620 e. The molecule has 0 bridgehead atoms. The van der Waals surface area contributed by atoms with Crippen molar-refractivity contribution in [2.45, 2.75) is 43.9 Å². The summed E-state index contributed by atoms with van der Waals surface area (Å²) in [4.78, 5) is 0. The van der Waals surface area contributed by atoms with Gasteiger partial charge >= 0.3 is 0 Å². The Labute approximate surface area is 185 Å². The van der Waals surface area contributed by atoms with Crippen LogP contribution in [0.2, 0.25) is 0 Å². The minimum absolute atomic E-state index is 0.0321. The number of hydrogen-bond acceptors (Lipinski definition) is 0. The Hall–Kier alpha value is -3.12. The average Bonchev–Trinajstić information content (AvgIpc) is 3.08. The highest BCUT2D eigenvalue weighted by Gasteiger charge is 2.55. The molecule has 0 heterocycles. The molecule has 0 nitrogen and oxygen atoms in total. The molecule has 0 aromatic heterocycles. The number of fused-ring (bicyclic) bond motifs is 9. The summed E-state index contributed by atoms with van der Waals surface area (Å²) in [7, 11) is 0. The zero-order chi connectivity index (χ0) is 21.4. The van der Waals surface area contributed by atoms with Gasteiger partial charge in [0, 0.05) is 0 Å². The third kappa shape index (κ3) is 2.06. The predicted molar refractivity (Wildman–Crippen MR) is 130 cm³/mol. The lowest BCUT2D eigenvalue weighted by Crippen LogP contribution is -2.40. The van der Waals surface area contributed by atoms with E-state index in [-0.39, 0.29) is 16.2 Å². The zero-order valence-corrected chi connectivity index (χ0v) is 18.7. The van der Waals surface area contributed by atoms with E-state index in [1.807, 2.05) is 0 Å². The topological polar surface area (TPSA) is 0 Å². The van der Waals surface area contributed by atoms with Crippen molar-refractivity contribution in [3.63, 3.8) is 0 Å². The molecule has 4 aromatic carbocycles. The van der Waals surface area contributed by atoms with E-state index in [4.69, 9.17) is 0 Å². The van der Waals surface area contributed by atoms with Crippen LogP contribution in [-0.4, -0.2) is 0 Å². The van der Waals surface area contributed by atoms with E-state index in [1.54, 1.807) is 0 Å². The van der Waals surface area contributed by atoms with Crippen LogP contribution in [0.5, 0.6) is 0 Å². The highest BCUT2D eigenvalue weighted by molar-refractivity contribution is 5.87. The second kappa shape index (κ2) is 5.98. The maximum atomic E-state index is 2.42. The summed E-state index contributed by atoms with van der Waals surface area (Å²) in [5.41, 5.74) is 10.9. The fourth-order valence-electron chi connectivity index (χ4n) is 6.34. The maximum Gasteiger partial charge on any atom is 0.0719 e. The fourth-order valence-corrected chi connectivity index (χ4v) is 6.34. The van der Waals surface area contributed by atoms with Gasteiger partial charge in [-0.05, 0) is 55.3 Å². The van der Waals surface area contributed by atoms with Crippen molar-refractivity contribution in [1.29, 1.82) is 0 Å². The summed E-state index contributed by atoms with van der Waals surface area (Å²) in [6, 6.07) is 36.5. The molecule has 31 heavy (non-hydrogen) atoms. The molecule has 0 radical (unpaired) electrons. The number of rotatable bonds is 0. The molecular formula is C31H28. The first-order valence-electron chi connectivity index (χ1n) is 11.3. The largest absolute Gasteiger partial charge is 0.0719 e.